The molecule has 5 heteroatoms. The van der Waals surface area contributed by atoms with Gasteiger partial charge in [-0.3, -0.25) is 9.59 Å². The second-order valence-electron chi connectivity index (χ2n) is 4.94. The highest BCUT2D eigenvalue weighted by atomic mass is 28.3. The number of carbonyl (C=O) groups is 2. The number of hydrogen-bond acceptors (Lipinski definition) is 4. The Morgan fingerprint density at radius 3 is 2.16 bits per heavy atom. The second-order valence-corrected chi connectivity index (χ2v) is 9.66. The van der Waals surface area contributed by atoms with Crippen LogP contribution in [0.15, 0.2) is 30.3 Å². The van der Waals surface area contributed by atoms with Gasteiger partial charge < -0.3 is 9.47 Å². The lowest BCUT2D eigenvalue weighted by Crippen LogP contribution is -2.49. The van der Waals surface area contributed by atoms with Crippen molar-refractivity contribution in [3.8, 4) is 0 Å². The van der Waals surface area contributed by atoms with Gasteiger partial charge in [-0.2, -0.15) is 0 Å². The van der Waals surface area contributed by atoms with E-state index in [9.17, 15) is 9.59 Å². The Labute approximate surface area is 114 Å². The van der Waals surface area contributed by atoms with Crippen molar-refractivity contribution in [2.45, 2.75) is 25.1 Å². The fourth-order valence-electron chi connectivity index (χ4n) is 2.09. The molecule has 0 aliphatic heterocycles. The quantitative estimate of drug-likeness (QED) is 0.608. The van der Waals surface area contributed by atoms with Crippen LogP contribution in [0.4, 0.5) is 0 Å². The van der Waals surface area contributed by atoms with Crippen LogP contribution in [0.3, 0.4) is 0 Å². The van der Waals surface area contributed by atoms with Crippen LogP contribution in [-0.2, 0) is 19.1 Å². The van der Waals surface area contributed by atoms with Crippen molar-refractivity contribution in [1.82, 2.24) is 0 Å². The minimum absolute atomic E-state index is 0.0668. The molecule has 1 atom stereocenters. The first-order chi connectivity index (χ1) is 8.93. The van der Waals surface area contributed by atoms with Crippen LogP contribution in [0.1, 0.15) is 6.42 Å². The Balaban J connectivity index is 3.08. The van der Waals surface area contributed by atoms with E-state index in [-0.39, 0.29) is 18.4 Å². The van der Waals surface area contributed by atoms with Gasteiger partial charge in [0.05, 0.1) is 34.3 Å². The van der Waals surface area contributed by atoms with Gasteiger partial charge in [0.2, 0.25) is 0 Å². The second kappa shape index (κ2) is 6.52. The molecule has 0 aliphatic carbocycles. The smallest absolute Gasteiger partial charge is 0.306 e. The van der Waals surface area contributed by atoms with Crippen molar-refractivity contribution in [1.29, 1.82) is 0 Å². The molecule has 1 aromatic carbocycles. The van der Waals surface area contributed by atoms with Crippen LogP contribution in [0.2, 0.25) is 18.6 Å². The molecule has 0 fully saturated rings. The Hall–Kier alpha value is -1.62. The van der Waals surface area contributed by atoms with E-state index < -0.39 is 13.6 Å². The van der Waals surface area contributed by atoms with Gasteiger partial charge in [0, 0.05) is 0 Å². The minimum atomic E-state index is -2.15. The topological polar surface area (TPSA) is 52.6 Å². The Bertz CT molecular complexity index is 442. The van der Waals surface area contributed by atoms with Crippen molar-refractivity contribution in [2.75, 3.05) is 14.2 Å². The average Bonchev–Trinajstić information content (AvgIpc) is 2.44. The Morgan fingerprint density at radius 2 is 1.68 bits per heavy atom. The summed E-state index contributed by atoms with van der Waals surface area (Å²) in [6.07, 6.45) is 0.0668. The van der Waals surface area contributed by atoms with Crippen molar-refractivity contribution < 1.29 is 19.1 Å². The zero-order chi connectivity index (χ0) is 14.5. The van der Waals surface area contributed by atoms with E-state index in [1.807, 2.05) is 30.3 Å². The zero-order valence-electron chi connectivity index (χ0n) is 11.8. The number of esters is 2. The van der Waals surface area contributed by atoms with Crippen molar-refractivity contribution in [3.63, 3.8) is 0 Å². The summed E-state index contributed by atoms with van der Waals surface area (Å²) in [5.41, 5.74) is -0.438. The molecule has 1 unspecified atom stereocenters. The summed E-state index contributed by atoms with van der Waals surface area (Å²) in [5, 5.41) is 1.12. The first-order valence-corrected chi connectivity index (χ1v) is 9.21. The summed E-state index contributed by atoms with van der Waals surface area (Å²) in [6.45, 7) is 4.12. The summed E-state index contributed by atoms with van der Waals surface area (Å²) in [4.78, 5) is 23.5. The van der Waals surface area contributed by atoms with E-state index in [4.69, 9.17) is 4.74 Å². The molecule has 0 radical (unpaired) electrons. The van der Waals surface area contributed by atoms with Gasteiger partial charge >= 0.3 is 11.9 Å². The molecule has 0 N–H and O–H groups in total. The maximum atomic E-state index is 12.0. The summed E-state index contributed by atoms with van der Waals surface area (Å²) in [6, 6.07) is 9.81. The van der Waals surface area contributed by atoms with Gasteiger partial charge in [-0.05, 0) is 0 Å². The van der Waals surface area contributed by atoms with Gasteiger partial charge in [-0.1, -0.05) is 48.6 Å². The van der Waals surface area contributed by atoms with E-state index >= 15 is 0 Å². The van der Waals surface area contributed by atoms with Crippen LogP contribution in [0.25, 0.3) is 0 Å². The van der Waals surface area contributed by atoms with E-state index in [0.717, 1.165) is 5.19 Å². The molecular formula is C14H20O4Si. The number of rotatable bonds is 5. The summed E-state index contributed by atoms with van der Waals surface area (Å²) in [5.74, 6) is -0.724. The SMILES string of the molecule is COC(=O)CC(C(=O)OC)[Si](C)(C)c1ccccc1. The number of methoxy groups -OCH3 is 2. The predicted molar refractivity (Wildman–Crippen MR) is 76.0 cm³/mol. The third kappa shape index (κ3) is 3.67. The minimum Gasteiger partial charge on any atom is -0.469 e. The van der Waals surface area contributed by atoms with Gasteiger partial charge in [-0.15, -0.1) is 0 Å². The third-order valence-corrected chi connectivity index (χ3v) is 7.48. The molecule has 0 saturated heterocycles. The zero-order valence-corrected chi connectivity index (χ0v) is 12.8. The van der Waals surface area contributed by atoms with E-state index in [2.05, 4.69) is 17.8 Å². The van der Waals surface area contributed by atoms with Crippen LogP contribution >= 0.6 is 0 Å². The largest absolute Gasteiger partial charge is 0.469 e. The van der Waals surface area contributed by atoms with Crippen LogP contribution in [-0.4, -0.2) is 34.2 Å². The molecule has 0 aliphatic rings. The van der Waals surface area contributed by atoms with Crippen LogP contribution in [0, 0.1) is 0 Å². The first-order valence-electron chi connectivity index (χ1n) is 6.13. The van der Waals surface area contributed by atoms with Gasteiger partial charge in [0.15, 0.2) is 0 Å². The molecule has 0 heterocycles. The summed E-state index contributed by atoms with van der Waals surface area (Å²) in [7, 11) is 0.529. The average molecular weight is 280 g/mol. The monoisotopic (exact) mass is 280 g/mol. The molecule has 1 aromatic rings. The number of carbonyl (C=O) groups excluding carboxylic acids is 2. The van der Waals surface area contributed by atoms with Gasteiger partial charge in [0.25, 0.3) is 0 Å². The molecule has 0 spiro atoms. The molecule has 104 valence electrons. The predicted octanol–water partition coefficient (Wildman–Crippen LogP) is 1.71. The third-order valence-electron chi connectivity index (χ3n) is 3.47. The van der Waals surface area contributed by atoms with E-state index in [0.29, 0.717) is 0 Å². The standard InChI is InChI=1S/C14H20O4Si/c1-17-13(15)10-12(14(16)18-2)19(3,4)11-8-6-5-7-9-11/h5-9,12H,10H2,1-4H3. The maximum absolute atomic E-state index is 12.0. The van der Waals surface area contributed by atoms with E-state index in [1.54, 1.807) is 0 Å². The first kappa shape index (κ1) is 15.4. The molecule has 0 saturated carbocycles. The van der Waals surface area contributed by atoms with Crippen molar-refractivity contribution in [3.05, 3.63) is 30.3 Å². The molecule has 19 heavy (non-hydrogen) atoms. The van der Waals surface area contributed by atoms with E-state index in [1.165, 1.54) is 14.2 Å². The lowest BCUT2D eigenvalue weighted by molar-refractivity contribution is -0.147. The van der Waals surface area contributed by atoms with Gasteiger partial charge in [-0.25, -0.2) is 0 Å². The fourth-order valence-corrected chi connectivity index (χ4v) is 4.93. The number of hydrogen-bond donors (Lipinski definition) is 0. The van der Waals surface area contributed by atoms with Crippen molar-refractivity contribution in [2.24, 2.45) is 0 Å². The normalized spacial score (nSPS) is 12.6. The number of ether oxygens (including phenoxy) is 2. The van der Waals surface area contributed by atoms with Crippen LogP contribution in [0.5, 0.6) is 0 Å². The summed E-state index contributed by atoms with van der Waals surface area (Å²) < 4.78 is 9.54. The molecule has 0 aromatic heterocycles. The molecule has 4 nitrogen and oxygen atoms in total. The molecule has 0 bridgehead atoms. The lowest BCUT2D eigenvalue weighted by Gasteiger charge is -2.30. The van der Waals surface area contributed by atoms with Crippen LogP contribution < -0.4 is 5.19 Å². The number of benzene rings is 1. The highest BCUT2D eigenvalue weighted by molar-refractivity contribution is 6.93. The Kier molecular flexibility index (Phi) is 5.29. The van der Waals surface area contributed by atoms with Crippen molar-refractivity contribution >= 4 is 25.2 Å². The maximum Gasteiger partial charge on any atom is 0.306 e. The molecular weight excluding hydrogens is 260 g/mol. The lowest BCUT2D eigenvalue weighted by atomic mass is 10.3. The molecule has 1 rings (SSSR count). The highest BCUT2D eigenvalue weighted by Gasteiger charge is 2.41. The molecule has 0 amide bonds. The summed E-state index contributed by atoms with van der Waals surface area (Å²) >= 11 is 0. The highest BCUT2D eigenvalue weighted by Crippen LogP contribution is 2.27. The Morgan fingerprint density at radius 1 is 1.11 bits per heavy atom. The fraction of sp³-hybridized carbons (Fsp3) is 0.429. The van der Waals surface area contributed by atoms with Gasteiger partial charge in [0.1, 0.15) is 0 Å².